The highest BCUT2D eigenvalue weighted by atomic mass is 32.2. The van der Waals surface area contributed by atoms with Crippen molar-refractivity contribution in [3.63, 3.8) is 0 Å². The number of thiocarbonyl (C=S) groups is 1. The van der Waals surface area contributed by atoms with Gasteiger partial charge in [-0.15, -0.1) is 0 Å². The topological polar surface area (TPSA) is 61.4 Å². The molecule has 0 aromatic heterocycles. The Hall–Kier alpha value is -2.03. The van der Waals surface area contributed by atoms with Crippen LogP contribution in [-0.2, 0) is 10.0 Å². The second-order valence-electron chi connectivity index (χ2n) is 5.96. The van der Waals surface area contributed by atoms with Gasteiger partial charge in [-0.3, -0.25) is 0 Å². The maximum atomic E-state index is 13.7. The molecule has 0 spiro atoms. The second-order valence-corrected chi connectivity index (χ2v) is 8.30. The Labute approximate surface area is 165 Å². The Bertz CT molecular complexity index is 882. The number of benzene rings is 2. The summed E-state index contributed by atoms with van der Waals surface area (Å²) in [5.74, 6) is -0.389. The lowest BCUT2D eigenvalue weighted by Crippen LogP contribution is -2.31. The smallest absolute Gasteiger partial charge is 0.243 e. The molecule has 1 atom stereocenters. The van der Waals surface area contributed by atoms with Gasteiger partial charge in [0, 0.05) is 13.1 Å². The summed E-state index contributed by atoms with van der Waals surface area (Å²) in [6, 6.07) is 12.8. The summed E-state index contributed by atoms with van der Waals surface area (Å²) in [6.45, 7) is 6.36. The van der Waals surface area contributed by atoms with E-state index in [1.54, 1.807) is 42.5 Å². The number of nitrogens with zero attached hydrogens (tertiary/aromatic N) is 1. The van der Waals surface area contributed by atoms with E-state index >= 15 is 0 Å². The van der Waals surface area contributed by atoms with Gasteiger partial charge >= 0.3 is 0 Å². The molecule has 2 rings (SSSR count). The predicted octanol–water partition coefficient (Wildman–Crippen LogP) is 3.90. The predicted molar refractivity (Wildman–Crippen MR) is 111 cm³/mol. The molecule has 2 aromatic carbocycles. The zero-order valence-corrected chi connectivity index (χ0v) is 17.2. The van der Waals surface area contributed by atoms with Crippen LogP contribution in [0.1, 0.15) is 32.4 Å². The first-order valence-corrected chi connectivity index (χ1v) is 10.6. The van der Waals surface area contributed by atoms with E-state index in [4.69, 9.17) is 12.2 Å². The minimum Gasteiger partial charge on any atom is -0.356 e. The normalized spacial score (nSPS) is 12.6. The molecule has 0 fully saturated rings. The molecule has 2 aromatic rings. The van der Waals surface area contributed by atoms with Crippen molar-refractivity contribution in [2.45, 2.75) is 31.7 Å². The summed E-state index contributed by atoms with van der Waals surface area (Å²) >= 11 is 5.23. The van der Waals surface area contributed by atoms with Crippen LogP contribution in [0.3, 0.4) is 0 Å². The van der Waals surface area contributed by atoms with Crippen molar-refractivity contribution in [2.75, 3.05) is 18.4 Å². The van der Waals surface area contributed by atoms with E-state index in [1.807, 2.05) is 20.8 Å². The minimum atomic E-state index is -3.48. The van der Waals surface area contributed by atoms with E-state index in [0.29, 0.717) is 18.8 Å². The Morgan fingerprint density at radius 1 is 1.11 bits per heavy atom. The maximum Gasteiger partial charge on any atom is 0.243 e. The number of nitrogens with one attached hydrogen (secondary N) is 2. The van der Waals surface area contributed by atoms with Gasteiger partial charge in [-0.1, -0.05) is 38.1 Å². The number of sulfonamides is 1. The molecule has 0 aliphatic rings. The van der Waals surface area contributed by atoms with Crippen LogP contribution in [0.25, 0.3) is 0 Å². The highest BCUT2D eigenvalue weighted by molar-refractivity contribution is 7.89. The number of rotatable bonds is 7. The van der Waals surface area contributed by atoms with E-state index in [0.717, 1.165) is 5.56 Å². The highest BCUT2D eigenvalue weighted by Gasteiger charge is 2.21. The van der Waals surface area contributed by atoms with Crippen LogP contribution in [0.15, 0.2) is 53.4 Å². The summed E-state index contributed by atoms with van der Waals surface area (Å²) in [6.07, 6.45) is 0. The number of halogens is 1. The van der Waals surface area contributed by atoms with E-state index in [9.17, 15) is 12.8 Å². The highest BCUT2D eigenvalue weighted by Crippen LogP contribution is 2.20. The molecule has 2 N–H and O–H groups in total. The van der Waals surface area contributed by atoms with Crippen LogP contribution >= 0.6 is 12.2 Å². The molecular weight excluding hydrogens is 385 g/mol. The van der Waals surface area contributed by atoms with Crippen molar-refractivity contribution < 1.29 is 12.8 Å². The first kappa shape index (κ1) is 21.3. The van der Waals surface area contributed by atoms with E-state index in [2.05, 4.69) is 10.6 Å². The van der Waals surface area contributed by atoms with Crippen molar-refractivity contribution in [1.29, 1.82) is 0 Å². The van der Waals surface area contributed by atoms with Gasteiger partial charge in [-0.25, -0.2) is 12.8 Å². The van der Waals surface area contributed by atoms with E-state index in [1.165, 1.54) is 10.4 Å². The van der Waals surface area contributed by atoms with E-state index < -0.39 is 10.0 Å². The quantitative estimate of drug-likeness (QED) is 0.679. The summed E-state index contributed by atoms with van der Waals surface area (Å²) in [5, 5.41) is 6.17. The van der Waals surface area contributed by atoms with Gasteiger partial charge in [0.2, 0.25) is 10.0 Å². The minimum absolute atomic E-state index is 0.179. The van der Waals surface area contributed by atoms with Gasteiger partial charge in [0.15, 0.2) is 5.11 Å². The van der Waals surface area contributed by atoms with Crippen molar-refractivity contribution >= 4 is 33.0 Å². The summed E-state index contributed by atoms with van der Waals surface area (Å²) in [5.41, 5.74) is 1.16. The lowest BCUT2D eigenvalue weighted by atomic mass is 10.1. The molecule has 5 nitrogen and oxygen atoms in total. The molecule has 27 heavy (non-hydrogen) atoms. The Morgan fingerprint density at radius 3 is 2.26 bits per heavy atom. The van der Waals surface area contributed by atoms with Gasteiger partial charge in [0.25, 0.3) is 0 Å². The molecule has 0 heterocycles. The first-order valence-electron chi connectivity index (χ1n) is 8.71. The molecule has 0 saturated heterocycles. The van der Waals surface area contributed by atoms with Crippen molar-refractivity contribution in [1.82, 2.24) is 9.62 Å². The molecule has 0 unspecified atom stereocenters. The average Bonchev–Trinajstić information content (AvgIpc) is 2.64. The third-order valence-electron chi connectivity index (χ3n) is 4.19. The molecule has 0 radical (unpaired) electrons. The van der Waals surface area contributed by atoms with Crippen LogP contribution in [0.4, 0.5) is 10.1 Å². The maximum absolute atomic E-state index is 13.7. The standard InChI is InChI=1S/C19H24FN3O2S2/c1-4-23(5-2)27(24,25)16-12-10-15(11-13-16)14(3)21-19(26)22-18-9-7-6-8-17(18)20/h6-14H,4-5H2,1-3H3,(H2,21,22,26)/t14-/m0/s1. The largest absolute Gasteiger partial charge is 0.356 e. The van der Waals surface area contributed by atoms with Crippen LogP contribution < -0.4 is 10.6 Å². The SMILES string of the molecule is CCN(CC)S(=O)(=O)c1ccc([C@H](C)NC(=S)Nc2ccccc2F)cc1. The fourth-order valence-corrected chi connectivity index (χ4v) is 4.39. The zero-order valence-electron chi connectivity index (χ0n) is 15.6. The van der Waals surface area contributed by atoms with Crippen LogP contribution in [0, 0.1) is 5.82 Å². The third kappa shape index (κ3) is 5.24. The average molecular weight is 410 g/mol. The lowest BCUT2D eigenvalue weighted by molar-refractivity contribution is 0.445. The van der Waals surface area contributed by atoms with Crippen molar-refractivity contribution in [2.24, 2.45) is 0 Å². The van der Waals surface area contributed by atoms with Gasteiger partial charge in [0.1, 0.15) is 5.82 Å². The van der Waals surface area contributed by atoms with Gasteiger partial charge < -0.3 is 10.6 Å². The number of anilines is 1. The number of hydrogen-bond acceptors (Lipinski definition) is 3. The summed E-state index contributed by atoms with van der Waals surface area (Å²) in [7, 11) is -3.48. The van der Waals surface area contributed by atoms with Gasteiger partial charge in [-0.05, 0) is 49.0 Å². The third-order valence-corrected chi connectivity index (χ3v) is 6.48. The molecule has 0 bridgehead atoms. The lowest BCUT2D eigenvalue weighted by Gasteiger charge is -2.20. The molecule has 8 heteroatoms. The fourth-order valence-electron chi connectivity index (χ4n) is 2.64. The summed E-state index contributed by atoms with van der Waals surface area (Å²) in [4.78, 5) is 0.259. The monoisotopic (exact) mass is 409 g/mol. The molecule has 0 amide bonds. The van der Waals surface area contributed by atoms with E-state index in [-0.39, 0.29) is 21.9 Å². The molecule has 0 aliphatic heterocycles. The summed E-state index contributed by atoms with van der Waals surface area (Å²) < 4.78 is 40.2. The number of hydrogen-bond donors (Lipinski definition) is 2. The van der Waals surface area contributed by atoms with Gasteiger partial charge in [0.05, 0.1) is 16.6 Å². The molecular formula is C19H24FN3O2S2. The van der Waals surface area contributed by atoms with Crippen LogP contribution in [0.2, 0.25) is 0 Å². The number of para-hydroxylation sites is 1. The molecule has 0 saturated carbocycles. The van der Waals surface area contributed by atoms with Crippen molar-refractivity contribution in [3.05, 3.63) is 59.9 Å². The zero-order chi connectivity index (χ0) is 20.0. The fraction of sp³-hybridized carbons (Fsp3) is 0.316. The second kappa shape index (κ2) is 9.25. The molecule has 146 valence electrons. The Morgan fingerprint density at radius 2 is 1.70 bits per heavy atom. The Balaban J connectivity index is 2.06. The first-order chi connectivity index (χ1) is 12.8. The van der Waals surface area contributed by atoms with Crippen LogP contribution in [0.5, 0.6) is 0 Å². The van der Waals surface area contributed by atoms with Gasteiger partial charge in [-0.2, -0.15) is 4.31 Å². The van der Waals surface area contributed by atoms with Crippen molar-refractivity contribution in [3.8, 4) is 0 Å². The molecule has 0 aliphatic carbocycles. The van der Waals surface area contributed by atoms with Crippen LogP contribution in [-0.4, -0.2) is 30.9 Å². The Kier molecular flexibility index (Phi) is 7.29.